The number of ether oxygens (including phenoxy) is 1. The van der Waals surface area contributed by atoms with E-state index < -0.39 is 0 Å². The zero-order valence-electron chi connectivity index (χ0n) is 11.9. The summed E-state index contributed by atoms with van der Waals surface area (Å²) in [4.78, 5) is 0. The lowest BCUT2D eigenvalue weighted by Gasteiger charge is -2.22. The average Bonchev–Trinajstić information content (AvgIpc) is 2.31. The zero-order chi connectivity index (χ0) is 14.5. The number of nitrogens with two attached hydrogens (primary N) is 1. The molecule has 0 aliphatic heterocycles. The van der Waals surface area contributed by atoms with Gasteiger partial charge in [0.1, 0.15) is 5.75 Å². The Morgan fingerprint density at radius 1 is 1.37 bits per heavy atom. The molecule has 0 saturated heterocycles. The molecule has 106 valence electrons. The van der Waals surface area contributed by atoms with Crippen molar-refractivity contribution in [3.63, 3.8) is 0 Å². The first-order valence-corrected chi connectivity index (χ1v) is 6.94. The second-order valence-corrected chi connectivity index (χ2v) is 5.94. The molecular weight excluding hydrogens is 260 g/mol. The number of benzene rings is 1. The number of aryl methyl sites for hydroxylation is 1. The summed E-state index contributed by atoms with van der Waals surface area (Å²) in [6, 6.07) is 5.78. The summed E-state index contributed by atoms with van der Waals surface area (Å²) in [7, 11) is 0. The molecule has 0 fully saturated rings. The lowest BCUT2D eigenvalue weighted by atomic mass is 9.86. The van der Waals surface area contributed by atoms with Crippen LogP contribution in [0.25, 0.3) is 0 Å². The van der Waals surface area contributed by atoms with Crippen LogP contribution in [0.1, 0.15) is 38.7 Å². The highest BCUT2D eigenvalue weighted by molar-refractivity contribution is 6.32. The Morgan fingerprint density at radius 3 is 2.63 bits per heavy atom. The van der Waals surface area contributed by atoms with E-state index in [2.05, 4.69) is 0 Å². The van der Waals surface area contributed by atoms with Gasteiger partial charge in [0, 0.05) is 5.41 Å². The molecule has 19 heavy (non-hydrogen) atoms. The summed E-state index contributed by atoms with van der Waals surface area (Å²) < 4.78 is 5.65. The van der Waals surface area contributed by atoms with Crippen molar-refractivity contribution < 1.29 is 4.74 Å². The predicted octanol–water partition coefficient (Wildman–Crippen LogP) is 4.16. The number of unbranched alkanes of at least 4 members (excludes halogenated alkanes) is 1. The minimum Gasteiger partial charge on any atom is -0.492 e. The van der Waals surface area contributed by atoms with Crippen molar-refractivity contribution in [3.05, 3.63) is 28.8 Å². The van der Waals surface area contributed by atoms with Crippen LogP contribution < -0.4 is 10.5 Å². The monoisotopic (exact) mass is 282 g/mol. The number of hydrogen-bond acceptors (Lipinski definition) is 2. The molecule has 0 aliphatic carbocycles. The lowest BCUT2D eigenvalue weighted by Crippen LogP contribution is -2.30. The second-order valence-electron chi connectivity index (χ2n) is 5.54. The Kier molecular flexibility index (Phi) is 5.67. The largest absolute Gasteiger partial charge is 0.492 e. The smallest absolute Gasteiger partial charge is 0.137 e. The van der Waals surface area contributed by atoms with E-state index in [4.69, 9.17) is 27.5 Å². The van der Waals surface area contributed by atoms with Crippen LogP contribution in [0.15, 0.2) is 18.2 Å². The van der Waals surface area contributed by atoms with Crippen molar-refractivity contribution >= 4 is 17.4 Å². The molecule has 4 heteroatoms. The lowest BCUT2D eigenvalue weighted by molar-refractivity contribution is 0.296. The Labute approximate surface area is 120 Å². The fourth-order valence-electron chi connectivity index (χ4n) is 1.71. The van der Waals surface area contributed by atoms with E-state index in [1.54, 1.807) is 0 Å². The minimum atomic E-state index is -0.221. The molecule has 0 saturated carbocycles. The van der Waals surface area contributed by atoms with E-state index in [0.29, 0.717) is 11.6 Å². The average molecular weight is 283 g/mol. The van der Waals surface area contributed by atoms with Gasteiger partial charge >= 0.3 is 0 Å². The van der Waals surface area contributed by atoms with Crippen molar-refractivity contribution in [2.75, 3.05) is 6.61 Å². The fourth-order valence-corrected chi connectivity index (χ4v) is 2.00. The van der Waals surface area contributed by atoms with Crippen molar-refractivity contribution in [2.45, 2.75) is 40.0 Å². The molecule has 0 aromatic heterocycles. The highest BCUT2D eigenvalue weighted by atomic mass is 35.5. The van der Waals surface area contributed by atoms with E-state index in [-0.39, 0.29) is 11.3 Å². The molecule has 0 atom stereocenters. The highest BCUT2D eigenvalue weighted by Crippen LogP contribution is 2.26. The maximum atomic E-state index is 7.49. The molecule has 0 spiro atoms. The first-order valence-electron chi connectivity index (χ1n) is 6.56. The molecule has 0 radical (unpaired) electrons. The summed E-state index contributed by atoms with van der Waals surface area (Å²) in [5.41, 5.74) is 6.45. The molecule has 0 aliphatic rings. The van der Waals surface area contributed by atoms with Gasteiger partial charge in [0.2, 0.25) is 0 Å². The summed E-state index contributed by atoms with van der Waals surface area (Å²) in [6.45, 7) is 6.62. The van der Waals surface area contributed by atoms with Crippen molar-refractivity contribution in [2.24, 2.45) is 11.1 Å². The fraction of sp³-hybridized carbons (Fsp3) is 0.533. The zero-order valence-corrected chi connectivity index (χ0v) is 12.7. The van der Waals surface area contributed by atoms with Gasteiger partial charge in [-0.05, 0) is 43.9 Å². The first-order chi connectivity index (χ1) is 8.83. The van der Waals surface area contributed by atoms with Gasteiger partial charge in [-0.1, -0.05) is 31.5 Å². The van der Waals surface area contributed by atoms with Gasteiger partial charge in [0.25, 0.3) is 0 Å². The Bertz CT molecular complexity index is 444. The van der Waals surface area contributed by atoms with E-state index >= 15 is 0 Å². The molecule has 0 unspecified atom stereocenters. The number of halogens is 1. The van der Waals surface area contributed by atoms with Crippen LogP contribution in [0.5, 0.6) is 5.75 Å². The van der Waals surface area contributed by atoms with Gasteiger partial charge in [0.05, 0.1) is 17.5 Å². The third-order valence-electron chi connectivity index (χ3n) is 3.27. The van der Waals surface area contributed by atoms with E-state index in [0.717, 1.165) is 30.6 Å². The molecule has 0 bridgehead atoms. The number of hydrogen-bond donors (Lipinski definition) is 2. The van der Waals surface area contributed by atoms with Crippen LogP contribution in [0.3, 0.4) is 0 Å². The van der Waals surface area contributed by atoms with Crippen LogP contribution >= 0.6 is 11.6 Å². The molecule has 0 heterocycles. The number of rotatable bonds is 7. The van der Waals surface area contributed by atoms with Crippen molar-refractivity contribution in [1.29, 1.82) is 5.41 Å². The molecule has 1 aromatic carbocycles. The van der Waals surface area contributed by atoms with Gasteiger partial charge < -0.3 is 10.5 Å². The van der Waals surface area contributed by atoms with E-state index in [1.165, 1.54) is 0 Å². The molecule has 3 N–H and O–H groups in total. The van der Waals surface area contributed by atoms with Crippen LogP contribution in [0.2, 0.25) is 5.02 Å². The molecule has 3 nitrogen and oxygen atoms in total. The van der Waals surface area contributed by atoms with Crippen LogP contribution in [-0.4, -0.2) is 12.4 Å². The Morgan fingerprint density at radius 2 is 2.05 bits per heavy atom. The standard InChI is InChI=1S/C15H23ClN2O/c1-11-6-7-13(12(16)10-11)19-9-5-4-8-15(2,3)14(17)18/h6-7,10H,4-5,8-9H2,1-3H3,(H3,17,18). The van der Waals surface area contributed by atoms with Gasteiger partial charge in [-0.25, -0.2) is 0 Å². The minimum absolute atomic E-state index is 0.221. The van der Waals surface area contributed by atoms with E-state index in [9.17, 15) is 0 Å². The molecular formula is C15H23ClN2O. The summed E-state index contributed by atoms with van der Waals surface area (Å²) >= 11 is 6.09. The summed E-state index contributed by atoms with van der Waals surface area (Å²) in [5, 5.41) is 8.15. The molecule has 1 rings (SSSR count). The summed E-state index contributed by atoms with van der Waals surface area (Å²) in [6.07, 6.45) is 2.81. The third-order valence-corrected chi connectivity index (χ3v) is 3.57. The second kappa shape index (κ2) is 6.80. The summed E-state index contributed by atoms with van der Waals surface area (Å²) in [5.74, 6) is 0.980. The predicted molar refractivity (Wildman–Crippen MR) is 81.2 cm³/mol. The number of amidine groups is 1. The van der Waals surface area contributed by atoms with Crippen LogP contribution in [0.4, 0.5) is 0 Å². The maximum Gasteiger partial charge on any atom is 0.137 e. The van der Waals surface area contributed by atoms with Gasteiger partial charge in [-0.2, -0.15) is 0 Å². The van der Waals surface area contributed by atoms with Crippen molar-refractivity contribution in [3.8, 4) is 5.75 Å². The quantitative estimate of drug-likeness (QED) is 0.448. The molecule has 1 aromatic rings. The maximum absolute atomic E-state index is 7.49. The molecule has 0 amide bonds. The van der Waals surface area contributed by atoms with Gasteiger partial charge in [-0.15, -0.1) is 0 Å². The van der Waals surface area contributed by atoms with Crippen LogP contribution in [0, 0.1) is 17.7 Å². The first kappa shape index (κ1) is 15.8. The third kappa shape index (κ3) is 5.11. The van der Waals surface area contributed by atoms with Gasteiger partial charge in [-0.3, -0.25) is 5.41 Å². The van der Waals surface area contributed by atoms with E-state index in [1.807, 2.05) is 39.0 Å². The highest BCUT2D eigenvalue weighted by Gasteiger charge is 2.20. The SMILES string of the molecule is Cc1ccc(OCCCCC(C)(C)C(=N)N)c(Cl)c1. The number of nitrogens with one attached hydrogen (secondary N) is 1. The Balaban J connectivity index is 2.30. The topological polar surface area (TPSA) is 59.1 Å². The normalized spacial score (nSPS) is 11.4. The van der Waals surface area contributed by atoms with Crippen LogP contribution in [-0.2, 0) is 0 Å². The van der Waals surface area contributed by atoms with Crippen molar-refractivity contribution in [1.82, 2.24) is 0 Å². The van der Waals surface area contributed by atoms with Gasteiger partial charge in [0.15, 0.2) is 0 Å². The Hall–Kier alpha value is -1.22.